The molecular weight excluding hydrogens is 306 g/mol. The number of nitrogens with two attached hydrogens (primary N) is 1. The van der Waals surface area contributed by atoms with Crippen LogP contribution in [0.4, 0.5) is 11.5 Å². The average molecular weight is 325 g/mol. The number of aliphatic hydroxyl groups is 3. The second kappa shape index (κ2) is 6.47. The zero-order valence-corrected chi connectivity index (χ0v) is 12.6. The largest absolute Gasteiger partial charge is 0.396 e. The molecule has 2 aliphatic rings. The number of aliphatic hydroxyl groups excluding tert-OH is 3. The minimum absolute atomic E-state index is 0.0956. The molecule has 0 bridgehead atoms. The molecule has 1 saturated heterocycles. The summed E-state index contributed by atoms with van der Waals surface area (Å²) in [6.45, 7) is 0.0956. The van der Waals surface area contributed by atoms with Gasteiger partial charge in [0.05, 0.1) is 30.4 Å². The lowest BCUT2D eigenvalue weighted by molar-refractivity contribution is 0.0299. The Morgan fingerprint density at radius 2 is 2.09 bits per heavy atom. The molecule has 22 heavy (non-hydrogen) atoms. The van der Waals surface area contributed by atoms with Crippen LogP contribution in [0.2, 0.25) is 0 Å². The third kappa shape index (κ3) is 2.70. The Bertz CT molecular complexity index is 573. The molecule has 0 aromatic carbocycles. The number of thioether (sulfide) groups is 1. The van der Waals surface area contributed by atoms with Crippen LogP contribution in [-0.4, -0.2) is 73.9 Å². The minimum atomic E-state index is -0.918. The topological polar surface area (TPSA) is 137 Å². The number of nitrogens with zero attached hydrogens (tertiary/aromatic N) is 3. The van der Waals surface area contributed by atoms with Crippen molar-refractivity contribution >= 4 is 29.5 Å². The summed E-state index contributed by atoms with van der Waals surface area (Å²) in [6, 6.07) is -0.623. The van der Waals surface area contributed by atoms with Gasteiger partial charge in [-0.3, -0.25) is 4.99 Å². The van der Waals surface area contributed by atoms with Gasteiger partial charge in [0.25, 0.3) is 0 Å². The van der Waals surface area contributed by atoms with Crippen LogP contribution in [0.1, 0.15) is 11.6 Å². The van der Waals surface area contributed by atoms with Crippen LogP contribution in [0.5, 0.6) is 0 Å². The summed E-state index contributed by atoms with van der Waals surface area (Å²) >= 11 is 1.53. The second-order valence-electron chi connectivity index (χ2n) is 5.38. The van der Waals surface area contributed by atoms with E-state index in [9.17, 15) is 10.2 Å². The van der Waals surface area contributed by atoms with Gasteiger partial charge in [-0.2, -0.15) is 11.8 Å². The van der Waals surface area contributed by atoms with Crippen LogP contribution in [-0.2, 0) is 0 Å². The van der Waals surface area contributed by atoms with Crippen molar-refractivity contribution in [2.75, 3.05) is 23.8 Å². The van der Waals surface area contributed by atoms with Crippen molar-refractivity contribution in [3.05, 3.63) is 12.0 Å². The van der Waals surface area contributed by atoms with E-state index in [1.807, 2.05) is 0 Å². The molecule has 5 atom stereocenters. The fourth-order valence-electron chi connectivity index (χ4n) is 2.90. The van der Waals surface area contributed by atoms with Gasteiger partial charge in [0.1, 0.15) is 12.0 Å². The molecule has 1 fully saturated rings. The summed E-state index contributed by atoms with van der Waals surface area (Å²) in [4.78, 5) is 12.4. The van der Waals surface area contributed by atoms with Crippen molar-refractivity contribution in [1.82, 2.24) is 15.3 Å². The van der Waals surface area contributed by atoms with Crippen LogP contribution in [0.3, 0.4) is 0 Å². The fraction of sp³-hybridized carbons (Fsp3) is 0.615. The van der Waals surface area contributed by atoms with E-state index in [1.165, 1.54) is 18.1 Å². The predicted octanol–water partition coefficient (Wildman–Crippen LogP) is -1.35. The van der Waals surface area contributed by atoms with E-state index < -0.39 is 12.2 Å². The Hall–Kier alpha value is -1.26. The Morgan fingerprint density at radius 1 is 1.27 bits per heavy atom. The third-order valence-electron chi connectivity index (χ3n) is 4.02. The Morgan fingerprint density at radius 3 is 2.86 bits per heavy atom. The predicted molar refractivity (Wildman–Crippen MR) is 84.5 cm³/mol. The maximum atomic E-state index is 10.3. The van der Waals surface area contributed by atoms with E-state index in [2.05, 4.69) is 20.3 Å². The zero-order valence-electron chi connectivity index (χ0n) is 11.8. The Balaban J connectivity index is 1.74. The van der Waals surface area contributed by atoms with Crippen LogP contribution in [0, 0.1) is 0 Å². The molecule has 6 N–H and O–H groups in total. The molecule has 0 aliphatic carbocycles. The van der Waals surface area contributed by atoms with E-state index in [0.29, 0.717) is 28.7 Å². The quantitative estimate of drug-likeness (QED) is 0.419. The van der Waals surface area contributed by atoms with Gasteiger partial charge in [-0.05, 0) is 0 Å². The SMILES string of the molecule is Nc1ncnc2c1N=CC2[C@H]1N[C@@H](CSCCO)[C@H](O)[C@@H]1O. The molecule has 0 radical (unpaired) electrons. The van der Waals surface area contributed by atoms with Crippen molar-refractivity contribution < 1.29 is 15.3 Å². The molecule has 8 nitrogen and oxygen atoms in total. The highest BCUT2D eigenvalue weighted by Gasteiger charge is 2.46. The summed E-state index contributed by atoms with van der Waals surface area (Å²) in [5.74, 6) is 1.27. The molecular formula is C13H19N5O3S. The first kappa shape index (κ1) is 15.6. The minimum Gasteiger partial charge on any atom is -0.396 e. The van der Waals surface area contributed by atoms with E-state index in [4.69, 9.17) is 10.8 Å². The van der Waals surface area contributed by atoms with Crippen molar-refractivity contribution in [2.24, 2.45) is 4.99 Å². The highest BCUT2D eigenvalue weighted by Crippen LogP contribution is 2.38. The number of aliphatic imine (C=N–C) groups is 1. The highest BCUT2D eigenvalue weighted by atomic mass is 32.2. The molecule has 3 rings (SSSR count). The molecule has 0 amide bonds. The molecule has 1 unspecified atom stereocenters. The van der Waals surface area contributed by atoms with E-state index in [0.717, 1.165) is 0 Å². The molecule has 2 aliphatic heterocycles. The smallest absolute Gasteiger partial charge is 0.153 e. The van der Waals surface area contributed by atoms with Gasteiger partial charge >= 0.3 is 0 Å². The molecule has 1 aromatic heterocycles. The monoisotopic (exact) mass is 325 g/mol. The number of fused-ring (bicyclic) bond motifs is 1. The standard InChI is InChI=1S/C13H19N5O3S/c14-13-10-8(16-5-17-13)6(3-15-10)9-12(21)11(20)7(18-9)4-22-2-1-19/h3,5-7,9,11-12,18-21H,1-2,4H2,(H2,14,16,17)/t6?,7-,9+,11-,12+/m0/s1. The number of hydrogen-bond donors (Lipinski definition) is 5. The van der Waals surface area contributed by atoms with Gasteiger partial charge in [0, 0.05) is 29.8 Å². The van der Waals surface area contributed by atoms with Crippen molar-refractivity contribution in [2.45, 2.75) is 30.2 Å². The van der Waals surface area contributed by atoms with E-state index in [-0.39, 0.29) is 24.6 Å². The van der Waals surface area contributed by atoms with Gasteiger partial charge < -0.3 is 26.4 Å². The Labute approximate surface area is 131 Å². The van der Waals surface area contributed by atoms with E-state index in [1.54, 1.807) is 6.21 Å². The summed E-state index contributed by atoms with van der Waals surface area (Å²) < 4.78 is 0. The molecule has 1 aromatic rings. The second-order valence-corrected chi connectivity index (χ2v) is 6.53. The maximum Gasteiger partial charge on any atom is 0.153 e. The average Bonchev–Trinajstić information content (AvgIpc) is 3.05. The molecule has 3 heterocycles. The number of anilines is 1. The van der Waals surface area contributed by atoms with Crippen LogP contribution in [0.25, 0.3) is 0 Å². The molecule has 0 spiro atoms. The van der Waals surface area contributed by atoms with E-state index >= 15 is 0 Å². The van der Waals surface area contributed by atoms with Gasteiger partial charge in [-0.1, -0.05) is 0 Å². The van der Waals surface area contributed by atoms with Crippen molar-refractivity contribution in [1.29, 1.82) is 0 Å². The molecule has 0 saturated carbocycles. The number of aromatic nitrogens is 2. The number of nitrogen functional groups attached to an aromatic ring is 1. The van der Waals surface area contributed by atoms with Gasteiger partial charge in [-0.15, -0.1) is 0 Å². The van der Waals surface area contributed by atoms with Crippen LogP contribution >= 0.6 is 11.8 Å². The van der Waals surface area contributed by atoms with Gasteiger partial charge in [0.15, 0.2) is 5.82 Å². The summed E-state index contributed by atoms with van der Waals surface area (Å²) in [5.41, 5.74) is 6.98. The summed E-state index contributed by atoms with van der Waals surface area (Å²) in [5, 5.41) is 32.6. The maximum absolute atomic E-state index is 10.3. The number of rotatable bonds is 5. The molecule has 9 heteroatoms. The molecule has 120 valence electrons. The van der Waals surface area contributed by atoms with Gasteiger partial charge in [0.2, 0.25) is 0 Å². The fourth-order valence-corrected chi connectivity index (χ4v) is 3.75. The Kier molecular flexibility index (Phi) is 4.59. The zero-order chi connectivity index (χ0) is 15.7. The number of nitrogens with one attached hydrogen (secondary N) is 1. The van der Waals surface area contributed by atoms with Gasteiger partial charge in [-0.25, -0.2) is 9.97 Å². The first-order valence-corrected chi connectivity index (χ1v) is 8.24. The van der Waals surface area contributed by atoms with Crippen molar-refractivity contribution in [3.8, 4) is 0 Å². The van der Waals surface area contributed by atoms with Crippen molar-refractivity contribution in [3.63, 3.8) is 0 Å². The number of hydrogen-bond acceptors (Lipinski definition) is 9. The van der Waals surface area contributed by atoms with Crippen LogP contribution < -0.4 is 11.1 Å². The van der Waals surface area contributed by atoms with Crippen LogP contribution in [0.15, 0.2) is 11.3 Å². The highest BCUT2D eigenvalue weighted by molar-refractivity contribution is 7.99. The first-order valence-electron chi connectivity index (χ1n) is 7.09. The lowest BCUT2D eigenvalue weighted by Crippen LogP contribution is -2.39. The summed E-state index contributed by atoms with van der Waals surface area (Å²) in [7, 11) is 0. The normalized spacial score (nSPS) is 33.3. The third-order valence-corrected chi connectivity index (χ3v) is 5.08. The lowest BCUT2D eigenvalue weighted by Gasteiger charge is -2.21. The lowest BCUT2D eigenvalue weighted by atomic mass is 9.94. The first-order chi connectivity index (χ1) is 10.6. The summed E-state index contributed by atoms with van der Waals surface area (Å²) in [6.07, 6.45) is 1.28.